The Morgan fingerprint density at radius 3 is 2.48 bits per heavy atom. The Hall–Kier alpha value is -2.13. The molecule has 0 aliphatic rings. The van der Waals surface area contributed by atoms with Gasteiger partial charge in [-0.3, -0.25) is 9.69 Å². The van der Waals surface area contributed by atoms with Gasteiger partial charge in [0, 0.05) is 6.54 Å². The molecule has 1 amide bonds. The van der Waals surface area contributed by atoms with E-state index in [1.165, 1.54) is 18.2 Å². The lowest BCUT2D eigenvalue weighted by Gasteiger charge is -2.30. The number of nitrogens with zero attached hydrogens (tertiary/aromatic N) is 1. The minimum absolute atomic E-state index is 0.0575. The minimum Gasteiger partial charge on any atom is -0.497 e. The van der Waals surface area contributed by atoms with Crippen LogP contribution in [0.15, 0.2) is 47.4 Å². The van der Waals surface area contributed by atoms with Crippen LogP contribution in [0.3, 0.4) is 0 Å². The third-order valence-corrected chi connectivity index (χ3v) is 5.94. The van der Waals surface area contributed by atoms with Gasteiger partial charge in [0.2, 0.25) is 10.0 Å². The van der Waals surface area contributed by atoms with E-state index in [2.05, 4.69) is 10.2 Å². The quantitative estimate of drug-likeness (QED) is 0.625. The van der Waals surface area contributed by atoms with Crippen molar-refractivity contribution >= 4 is 27.5 Å². The number of hydrogen-bond donors (Lipinski definition) is 2. The first kappa shape index (κ1) is 23.2. The van der Waals surface area contributed by atoms with Gasteiger partial charge in [0.25, 0.3) is 5.91 Å². The summed E-state index contributed by atoms with van der Waals surface area (Å²) >= 11 is 6.11. The molecule has 2 aromatic rings. The first-order valence-corrected chi connectivity index (χ1v) is 11.1. The van der Waals surface area contributed by atoms with Gasteiger partial charge in [0.15, 0.2) is 0 Å². The second-order valence-corrected chi connectivity index (χ2v) is 8.38. The predicted molar refractivity (Wildman–Crippen MR) is 114 cm³/mol. The SMILES string of the molecule is CCN(CC)[C@@H](CNC(=O)c1cc(S(N)(=O)=O)ccc1Cl)c1cccc(OC)c1. The second kappa shape index (κ2) is 10.1. The van der Waals surface area contributed by atoms with Crippen molar-refractivity contribution in [1.29, 1.82) is 0 Å². The molecular weight excluding hydrogens is 414 g/mol. The van der Waals surface area contributed by atoms with Crippen molar-refractivity contribution in [1.82, 2.24) is 10.2 Å². The highest BCUT2D eigenvalue weighted by Crippen LogP contribution is 2.25. The Bertz CT molecular complexity index is 962. The molecule has 0 aromatic heterocycles. The maximum Gasteiger partial charge on any atom is 0.252 e. The monoisotopic (exact) mass is 439 g/mol. The van der Waals surface area contributed by atoms with E-state index in [0.717, 1.165) is 24.4 Å². The molecule has 158 valence electrons. The van der Waals surface area contributed by atoms with Gasteiger partial charge < -0.3 is 10.1 Å². The summed E-state index contributed by atoms with van der Waals surface area (Å²) in [5.41, 5.74) is 1.06. The van der Waals surface area contributed by atoms with E-state index >= 15 is 0 Å². The Kier molecular flexibility index (Phi) is 8.04. The van der Waals surface area contributed by atoms with E-state index in [1.54, 1.807) is 7.11 Å². The fraction of sp³-hybridized carbons (Fsp3) is 0.350. The molecule has 0 saturated heterocycles. The summed E-state index contributed by atoms with van der Waals surface area (Å²) in [7, 11) is -2.33. The first-order valence-electron chi connectivity index (χ1n) is 9.19. The number of halogens is 1. The molecule has 29 heavy (non-hydrogen) atoms. The molecule has 0 unspecified atom stereocenters. The third-order valence-electron chi connectivity index (χ3n) is 4.70. The molecule has 2 aromatic carbocycles. The highest BCUT2D eigenvalue weighted by atomic mass is 35.5. The number of amides is 1. The van der Waals surface area contributed by atoms with Crippen molar-refractivity contribution < 1.29 is 17.9 Å². The molecule has 2 rings (SSSR count). The van der Waals surface area contributed by atoms with Crippen molar-refractivity contribution in [2.45, 2.75) is 24.8 Å². The number of primary sulfonamides is 1. The number of benzene rings is 2. The zero-order chi connectivity index (χ0) is 21.6. The highest BCUT2D eigenvalue weighted by Gasteiger charge is 2.21. The topological polar surface area (TPSA) is 102 Å². The minimum atomic E-state index is -3.94. The van der Waals surface area contributed by atoms with Gasteiger partial charge in [-0.2, -0.15) is 0 Å². The maximum atomic E-state index is 12.7. The fourth-order valence-electron chi connectivity index (χ4n) is 3.11. The van der Waals surface area contributed by atoms with Gasteiger partial charge in [0.1, 0.15) is 5.75 Å². The fourth-order valence-corrected chi connectivity index (χ4v) is 3.85. The highest BCUT2D eigenvalue weighted by molar-refractivity contribution is 7.89. The van der Waals surface area contributed by atoms with E-state index in [9.17, 15) is 13.2 Å². The van der Waals surface area contributed by atoms with E-state index < -0.39 is 15.9 Å². The number of methoxy groups -OCH3 is 1. The number of carbonyl (C=O) groups is 1. The predicted octanol–water partition coefficient (Wildman–Crippen LogP) is 2.81. The van der Waals surface area contributed by atoms with Gasteiger partial charge in [-0.05, 0) is 49.0 Å². The zero-order valence-electron chi connectivity index (χ0n) is 16.7. The first-order chi connectivity index (χ1) is 13.7. The molecule has 9 heteroatoms. The number of rotatable bonds is 9. The number of carbonyl (C=O) groups excluding carboxylic acids is 1. The summed E-state index contributed by atoms with van der Waals surface area (Å²) in [5.74, 6) is 0.260. The summed E-state index contributed by atoms with van der Waals surface area (Å²) in [5, 5.41) is 8.17. The van der Waals surface area contributed by atoms with E-state index in [0.29, 0.717) is 6.54 Å². The molecule has 3 N–H and O–H groups in total. The lowest BCUT2D eigenvalue weighted by Crippen LogP contribution is -2.38. The number of likely N-dealkylation sites (N-methyl/N-ethyl adjacent to an activating group) is 1. The molecule has 0 aliphatic carbocycles. The molecule has 0 bridgehead atoms. The summed E-state index contributed by atoms with van der Waals surface area (Å²) in [6, 6.07) is 11.4. The van der Waals surface area contributed by atoms with E-state index in [1.807, 2.05) is 38.1 Å². The average molecular weight is 440 g/mol. The smallest absolute Gasteiger partial charge is 0.252 e. The van der Waals surface area contributed by atoms with E-state index in [4.69, 9.17) is 21.5 Å². The van der Waals surface area contributed by atoms with Crippen LogP contribution in [0.1, 0.15) is 35.8 Å². The number of nitrogens with one attached hydrogen (secondary N) is 1. The maximum absolute atomic E-state index is 12.7. The summed E-state index contributed by atoms with van der Waals surface area (Å²) in [6.07, 6.45) is 0. The Morgan fingerprint density at radius 2 is 1.90 bits per heavy atom. The number of hydrogen-bond acceptors (Lipinski definition) is 5. The van der Waals surface area contributed by atoms with Crippen LogP contribution >= 0.6 is 11.6 Å². The lowest BCUT2D eigenvalue weighted by atomic mass is 10.0. The molecule has 7 nitrogen and oxygen atoms in total. The number of sulfonamides is 1. The third kappa shape index (κ3) is 5.93. The summed E-state index contributed by atoms with van der Waals surface area (Å²) in [4.78, 5) is 14.8. The van der Waals surface area contributed by atoms with Crippen LogP contribution in [-0.2, 0) is 10.0 Å². The molecule has 0 spiro atoms. The molecule has 0 radical (unpaired) electrons. The van der Waals surface area contributed by atoms with Gasteiger partial charge in [0.05, 0.1) is 28.6 Å². The normalized spacial score (nSPS) is 12.6. The van der Waals surface area contributed by atoms with Crippen LogP contribution < -0.4 is 15.2 Å². The van der Waals surface area contributed by atoms with Gasteiger partial charge >= 0.3 is 0 Å². The van der Waals surface area contributed by atoms with Gasteiger partial charge in [-0.25, -0.2) is 13.6 Å². The van der Waals surface area contributed by atoms with E-state index in [-0.39, 0.29) is 21.5 Å². The van der Waals surface area contributed by atoms with Gasteiger partial charge in [-0.1, -0.05) is 37.6 Å². The molecule has 0 aliphatic heterocycles. The number of ether oxygens (including phenoxy) is 1. The summed E-state index contributed by atoms with van der Waals surface area (Å²) in [6.45, 7) is 5.98. The van der Waals surface area contributed by atoms with Crippen LogP contribution in [0, 0.1) is 0 Å². The molecular formula is C20H26ClN3O4S. The van der Waals surface area contributed by atoms with Crippen molar-refractivity contribution in [3.8, 4) is 5.75 Å². The van der Waals surface area contributed by atoms with Gasteiger partial charge in [-0.15, -0.1) is 0 Å². The molecule has 1 atom stereocenters. The second-order valence-electron chi connectivity index (χ2n) is 6.41. The average Bonchev–Trinajstić information content (AvgIpc) is 2.70. The standard InChI is InChI=1S/C20H26ClN3O4S/c1-4-24(5-2)19(14-7-6-8-15(11-14)28-3)13-23-20(25)17-12-16(29(22,26)27)9-10-18(17)21/h6-12,19H,4-5,13H2,1-3H3,(H,23,25)(H2,22,26,27)/t19-/m0/s1. The number of nitrogens with two attached hydrogens (primary N) is 1. The summed E-state index contributed by atoms with van der Waals surface area (Å²) < 4.78 is 28.5. The zero-order valence-corrected chi connectivity index (χ0v) is 18.3. The van der Waals surface area contributed by atoms with Crippen molar-refractivity contribution in [3.05, 3.63) is 58.6 Å². The van der Waals surface area contributed by atoms with Crippen LogP contribution in [0.25, 0.3) is 0 Å². The van der Waals surface area contributed by atoms with Crippen molar-refractivity contribution in [2.75, 3.05) is 26.7 Å². The molecule has 0 saturated carbocycles. The van der Waals surface area contributed by atoms with Crippen LogP contribution in [0.4, 0.5) is 0 Å². The largest absolute Gasteiger partial charge is 0.497 e. The molecule has 0 fully saturated rings. The Balaban J connectivity index is 2.28. The van der Waals surface area contributed by atoms with Crippen molar-refractivity contribution in [3.63, 3.8) is 0 Å². The van der Waals surface area contributed by atoms with Crippen LogP contribution in [-0.4, -0.2) is 46.0 Å². The Labute approximate surface area is 176 Å². The van der Waals surface area contributed by atoms with Crippen molar-refractivity contribution in [2.24, 2.45) is 5.14 Å². The van der Waals surface area contributed by atoms with Crippen LogP contribution in [0.5, 0.6) is 5.75 Å². The van der Waals surface area contributed by atoms with Crippen LogP contribution in [0.2, 0.25) is 5.02 Å². The Morgan fingerprint density at radius 1 is 1.21 bits per heavy atom. The lowest BCUT2D eigenvalue weighted by molar-refractivity contribution is 0.0935. The molecule has 0 heterocycles.